The molecule has 1 unspecified atom stereocenters. The number of nitrogens with one attached hydrogen (secondary N) is 1. The van der Waals surface area contributed by atoms with Crippen LogP contribution in [-0.2, 0) is 0 Å². The fourth-order valence-corrected chi connectivity index (χ4v) is 3.67. The summed E-state index contributed by atoms with van der Waals surface area (Å²) in [5.74, 6) is 1.67. The first-order valence-electron chi connectivity index (χ1n) is 7.27. The minimum absolute atomic E-state index is 0.419. The van der Waals surface area contributed by atoms with Crippen molar-refractivity contribution in [2.45, 2.75) is 44.6 Å². The Labute approximate surface area is 125 Å². The Morgan fingerprint density at radius 2 is 1.89 bits per heavy atom. The van der Waals surface area contributed by atoms with Crippen molar-refractivity contribution in [2.75, 3.05) is 14.2 Å². The molecule has 2 rings (SSSR count). The van der Waals surface area contributed by atoms with Crippen molar-refractivity contribution in [3.63, 3.8) is 0 Å². The number of hydrogen-bond acceptors (Lipinski definition) is 2. The van der Waals surface area contributed by atoms with Crippen LogP contribution in [0.4, 0.5) is 0 Å². The summed E-state index contributed by atoms with van der Waals surface area (Å²) in [5, 5.41) is 3.52. The molecule has 1 aliphatic carbocycles. The van der Waals surface area contributed by atoms with Crippen molar-refractivity contribution >= 4 is 15.9 Å². The lowest BCUT2D eigenvalue weighted by atomic mass is 9.87. The molecule has 3 heteroatoms. The molecular formula is C16H24BrNO. The number of methoxy groups -OCH3 is 1. The van der Waals surface area contributed by atoms with Crippen LogP contribution in [0.25, 0.3) is 0 Å². The van der Waals surface area contributed by atoms with E-state index in [1.807, 2.05) is 6.07 Å². The molecule has 0 amide bonds. The van der Waals surface area contributed by atoms with Crippen LogP contribution >= 0.6 is 15.9 Å². The quantitative estimate of drug-likeness (QED) is 0.811. The van der Waals surface area contributed by atoms with Gasteiger partial charge in [0.25, 0.3) is 0 Å². The lowest BCUT2D eigenvalue weighted by Crippen LogP contribution is -2.25. The van der Waals surface area contributed by atoms with Crippen LogP contribution in [0.2, 0.25) is 0 Å². The lowest BCUT2D eigenvalue weighted by molar-refractivity contribution is 0.339. The summed E-state index contributed by atoms with van der Waals surface area (Å²) in [6.45, 7) is 0. The molecule has 1 atom stereocenters. The molecule has 0 bridgehead atoms. The molecule has 1 saturated carbocycles. The normalized spacial score (nSPS) is 18.9. The van der Waals surface area contributed by atoms with Crippen molar-refractivity contribution in [3.8, 4) is 5.75 Å². The highest BCUT2D eigenvalue weighted by Crippen LogP contribution is 2.37. The van der Waals surface area contributed by atoms with Crippen LogP contribution in [-0.4, -0.2) is 14.2 Å². The van der Waals surface area contributed by atoms with Gasteiger partial charge in [0.2, 0.25) is 0 Å². The summed E-state index contributed by atoms with van der Waals surface area (Å²) in [6, 6.07) is 6.68. The molecule has 0 spiro atoms. The van der Waals surface area contributed by atoms with Crippen molar-refractivity contribution in [1.29, 1.82) is 0 Å². The first-order chi connectivity index (χ1) is 9.26. The van der Waals surface area contributed by atoms with Crippen LogP contribution < -0.4 is 10.1 Å². The Hall–Kier alpha value is -0.540. The van der Waals surface area contributed by atoms with Crippen molar-refractivity contribution in [3.05, 3.63) is 28.2 Å². The van der Waals surface area contributed by atoms with Gasteiger partial charge in [0, 0.05) is 10.5 Å². The Morgan fingerprint density at radius 3 is 2.47 bits per heavy atom. The van der Waals surface area contributed by atoms with E-state index in [1.54, 1.807) is 7.11 Å². The zero-order chi connectivity index (χ0) is 13.7. The summed E-state index contributed by atoms with van der Waals surface area (Å²) in [6.07, 6.45) is 8.18. The van der Waals surface area contributed by atoms with E-state index in [1.165, 1.54) is 48.6 Å². The van der Waals surface area contributed by atoms with Gasteiger partial charge in [0.05, 0.1) is 7.11 Å². The zero-order valence-corrected chi connectivity index (χ0v) is 13.5. The van der Waals surface area contributed by atoms with E-state index in [2.05, 4.69) is 40.4 Å². The van der Waals surface area contributed by atoms with E-state index in [9.17, 15) is 0 Å². The van der Waals surface area contributed by atoms with Crippen molar-refractivity contribution in [1.82, 2.24) is 5.32 Å². The molecule has 2 nitrogen and oxygen atoms in total. The zero-order valence-electron chi connectivity index (χ0n) is 11.9. The molecule has 1 aromatic rings. The smallest absolute Gasteiger partial charge is 0.119 e. The summed E-state index contributed by atoms with van der Waals surface area (Å²) in [5.41, 5.74) is 1.33. The topological polar surface area (TPSA) is 21.3 Å². The molecule has 0 aliphatic heterocycles. The third-order valence-electron chi connectivity index (χ3n) is 4.22. The fourth-order valence-electron chi connectivity index (χ4n) is 3.18. The Kier molecular flexibility index (Phi) is 5.71. The van der Waals surface area contributed by atoms with Crippen LogP contribution in [0.1, 0.15) is 50.1 Å². The minimum atomic E-state index is 0.419. The maximum atomic E-state index is 5.37. The van der Waals surface area contributed by atoms with Gasteiger partial charge >= 0.3 is 0 Å². The van der Waals surface area contributed by atoms with Crippen molar-refractivity contribution in [2.24, 2.45) is 5.92 Å². The fraction of sp³-hybridized carbons (Fsp3) is 0.625. The second-order valence-electron chi connectivity index (χ2n) is 5.41. The van der Waals surface area contributed by atoms with Crippen molar-refractivity contribution < 1.29 is 4.74 Å². The standard InChI is InChI=1S/C16H24BrNO/c1-18-16(12-7-5-3-4-6-8-12)14-11-13(19-2)9-10-15(14)17/h9-12,16,18H,3-8H2,1-2H3. The number of rotatable bonds is 4. The van der Waals surface area contributed by atoms with E-state index in [4.69, 9.17) is 4.74 Å². The molecular weight excluding hydrogens is 302 g/mol. The Bertz CT molecular complexity index is 400. The number of benzene rings is 1. The van der Waals surface area contributed by atoms with E-state index < -0.39 is 0 Å². The van der Waals surface area contributed by atoms with Gasteiger partial charge in [-0.05, 0) is 49.6 Å². The Morgan fingerprint density at radius 1 is 1.21 bits per heavy atom. The predicted molar refractivity (Wildman–Crippen MR) is 83.7 cm³/mol. The second-order valence-corrected chi connectivity index (χ2v) is 6.26. The molecule has 106 valence electrons. The molecule has 1 aliphatic rings. The molecule has 0 aromatic heterocycles. The maximum absolute atomic E-state index is 5.37. The van der Waals surface area contributed by atoms with E-state index in [-0.39, 0.29) is 0 Å². The van der Waals surface area contributed by atoms with Gasteiger partial charge in [-0.15, -0.1) is 0 Å². The second kappa shape index (κ2) is 7.30. The monoisotopic (exact) mass is 325 g/mol. The van der Waals surface area contributed by atoms with Gasteiger partial charge in [-0.1, -0.05) is 41.6 Å². The largest absolute Gasteiger partial charge is 0.497 e. The third kappa shape index (κ3) is 3.73. The maximum Gasteiger partial charge on any atom is 0.119 e. The number of ether oxygens (including phenoxy) is 1. The highest BCUT2D eigenvalue weighted by molar-refractivity contribution is 9.10. The van der Waals surface area contributed by atoms with Gasteiger partial charge in [-0.3, -0.25) is 0 Å². The highest BCUT2D eigenvalue weighted by atomic mass is 79.9. The average Bonchev–Trinajstić information content (AvgIpc) is 2.71. The predicted octanol–water partition coefficient (Wildman–Crippen LogP) is 4.69. The van der Waals surface area contributed by atoms with Gasteiger partial charge in [0.15, 0.2) is 0 Å². The number of halogens is 1. The molecule has 1 N–H and O–H groups in total. The van der Waals surface area contributed by atoms with E-state index in [0.29, 0.717) is 6.04 Å². The molecule has 19 heavy (non-hydrogen) atoms. The molecule has 0 radical (unpaired) electrons. The molecule has 0 saturated heterocycles. The van der Waals surface area contributed by atoms with Crippen LogP contribution in [0, 0.1) is 5.92 Å². The van der Waals surface area contributed by atoms with Gasteiger partial charge in [-0.2, -0.15) is 0 Å². The van der Waals surface area contributed by atoms with E-state index in [0.717, 1.165) is 11.7 Å². The summed E-state index contributed by atoms with van der Waals surface area (Å²) in [4.78, 5) is 0. The summed E-state index contributed by atoms with van der Waals surface area (Å²) < 4.78 is 6.55. The van der Waals surface area contributed by atoms with Crippen LogP contribution in [0.15, 0.2) is 22.7 Å². The highest BCUT2D eigenvalue weighted by Gasteiger charge is 2.24. The molecule has 1 aromatic carbocycles. The summed E-state index contributed by atoms with van der Waals surface area (Å²) in [7, 11) is 3.80. The van der Waals surface area contributed by atoms with E-state index >= 15 is 0 Å². The summed E-state index contributed by atoms with van der Waals surface area (Å²) >= 11 is 3.69. The van der Waals surface area contributed by atoms with Gasteiger partial charge in [-0.25, -0.2) is 0 Å². The van der Waals surface area contributed by atoms with Gasteiger partial charge in [0.1, 0.15) is 5.75 Å². The van der Waals surface area contributed by atoms with Gasteiger partial charge < -0.3 is 10.1 Å². The third-order valence-corrected chi connectivity index (χ3v) is 4.94. The SMILES string of the molecule is CNC(c1cc(OC)ccc1Br)C1CCCCCC1. The number of hydrogen-bond donors (Lipinski definition) is 1. The Balaban J connectivity index is 2.24. The average molecular weight is 326 g/mol. The minimum Gasteiger partial charge on any atom is -0.497 e. The molecule has 1 fully saturated rings. The van der Waals surface area contributed by atoms with Crippen LogP contribution in [0.3, 0.4) is 0 Å². The lowest BCUT2D eigenvalue weighted by Gasteiger charge is -2.27. The first-order valence-corrected chi connectivity index (χ1v) is 8.06. The first kappa shape index (κ1) is 14.9. The van der Waals surface area contributed by atoms with Crippen LogP contribution in [0.5, 0.6) is 5.75 Å². The molecule has 0 heterocycles.